The Morgan fingerprint density at radius 1 is 1.04 bits per heavy atom. The summed E-state index contributed by atoms with van der Waals surface area (Å²) in [7, 11) is 0. The van der Waals surface area contributed by atoms with Crippen LogP contribution in [0.3, 0.4) is 0 Å². The average Bonchev–Trinajstić information content (AvgIpc) is 3.05. The third-order valence-electron chi connectivity index (χ3n) is 3.34. The van der Waals surface area contributed by atoms with Crippen LogP contribution in [0.4, 0.5) is 0 Å². The van der Waals surface area contributed by atoms with E-state index in [1.165, 1.54) is 6.21 Å². The van der Waals surface area contributed by atoms with E-state index < -0.39 is 0 Å². The Morgan fingerprint density at radius 2 is 1.79 bits per heavy atom. The molecule has 0 bridgehead atoms. The summed E-state index contributed by atoms with van der Waals surface area (Å²) in [6.07, 6.45) is 1.76. The number of nitrogens with one attached hydrogen (secondary N) is 1. The van der Waals surface area contributed by atoms with Gasteiger partial charge in [-0.3, -0.25) is 4.79 Å². The number of amides is 1. The molecule has 0 spiro atoms. The quantitative estimate of drug-likeness (QED) is 0.557. The zero-order valence-corrected chi connectivity index (χ0v) is 13.5. The molecule has 2 aromatic carbocycles. The number of halogens is 1. The first-order valence-electron chi connectivity index (χ1n) is 7.42. The maximum atomic E-state index is 11.8. The molecule has 24 heavy (non-hydrogen) atoms. The minimum Gasteiger partial charge on any atom is -0.455 e. The fourth-order valence-corrected chi connectivity index (χ4v) is 2.31. The number of hydrogen-bond donors (Lipinski definition) is 1. The van der Waals surface area contributed by atoms with Crippen LogP contribution >= 0.6 is 11.6 Å². The lowest BCUT2D eigenvalue weighted by atomic mass is 10.1. The molecule has 4 nitrogen and oxygen atoms in total. The van der Waals surface area contributed by atoms with Gasteiger partial charge in [0.2, 0.25) is 5.91 Å². The van der Waals surface area contributed by atoms with E-state index in [0.717, 1.165) is 11.1 Å². The molecule has 0 saturated carbocycles. The summed E-state index contributed by atoms with van der Waals surface area (Å²) in [5, 5.41) is 4.59. The number of benzene rings is 2. The van der Waals surface area contributed by atoms with E-state index in [1.807, 2.05) is 48.5 Å². The lowest BCUT2D eigenvalue weighted by molar-refractivity contribution is -0.120. The van der Waals surface area contributed by atoms with Gasteiger partial charge in [0.1, 0.15) is 11.5 Å². The topological polar surface area (TPSA) is 54.6 Å². The molecule has 0 aliphatic carbocycles. The van der Waals surface area contributed by atoms with Crippen LogP contribution in [0.25, 0.3) is 11.3 Å². The molecule has 1 amide bonds. The Labute approximate surface area is 144 Å². The zero-order valence-electron chi connectivity index (χ0n) is 12.8. The molecule has 0 fully saturated rings. The van der Waals surface area contributed by atoms with Gasteiger partial charge in [-0.25, -0.2) is 5.43 Å². The number of rotatable bonds is 5. The van der Waals surface area contributed by atoms with Crippen LogP contribution in [0, 0.1) is 0 Å². The average molecular weight is 339 g/mol. The van der Waals surface area contributed by atoms with Gasteiger partial charge in [0.25, 0.3) is 0 Å². The van der Waals surface area contributed by atoms with Gasteiger partial charge in [0.15, 0.2) is 0 Å². The molecule has 0 atom stereocenters. The second kappa shape index (κ2) is 7.62. The standard InChI is InChI=1S/C19H15ClN2O2/c20-16-8-6-15(7-9-16)18-11-10-17(24-18)13-21-22-19(23)12-14-4-2-1-3-5-14/h1-11,13H,12H2,(H,22,23)/b21-13-. The summed E-state index contributed by atoms with van der Waals surface area (Å²) in [4.78, 5) is 11.8. The normalized spacial score (nSPS) is 10.9. The first-order chi connectivity index (χ1) is 11.7. The Kier molecular flexibility index (Phi) is 5.08. The van der Waals surface area contributed by atoms with Gasteiger partial charge in [-0.2, -0.15) is 5.10 Å². The maximum absolute atomic E-state index is 11.8. The molecule has 1 aromatic heterocycles. The molecule has 5 heteroatoms. The van der Waals surface area contributed by atoms with Crippen molar-refractivity contribution in [2.45, 2.75) is 6.42 Å². The third-order valence-corrected chi connectivity index (χ3v) is 3.60. The third kappa shape index (κ3) is 4.33. The lowest BCUT2D eigenvalue weighted by Gasteiger charge is -1.99. The summed E-state index contributed by atoms with van der Waals surface area (Å²) < 4.78 is 5.67. The van der Waals surface area contributed by atoms with E-state index in [4.69, 9.17) is 16.0 Å². The van der Waals surface area contributed by atoms with Crippen molar-refractivity contribution in [3.05, 3.63) is 83.1 Å². The SMILES string of the molecule is O=C(Cc1ccccc1)N/N=C\c1ccc(-c2ccc(Cl)cc2)o1. The van der Waals surface area contributed by atoms with E-state index in [-0.39, 0.29) is 12.3 Å². The van der Waals surface area contributed by atoms with Crippen molar-refractivity contribution in [3.8, 4) is 11.3 Å². The largest absolute Gasteiger partial charge is 0.455 e. The molecular formula is C19H15ClN2O2. The van der Waals surface area contributed by atoms with Crippen LogP contribution in [-0.2, 0) is 11.2 Å². The van der Waals surface area contributed by atoms with Gasteiger partial charge in [-0.05, 0) is 42.0 Å². The van der Waals surface area contributed by atoms with Crippen molar-refractivity contribution >= 4 is 23.7 Å². The van der Waals surface area contributed by atoms with E-state index in [0.29, 0.717) is 16.5 Å². The molecule has 3 rings (SSSR count). The van der Waals surface area contributed by atoms with Gasteiger partial charge < -0.3 is 4.42 Å². The van der Waals surface area contributed by atoms with E-state index in [9.17, 15) is 4.79 Å². The van der Waals surface area contributed by atoms with Crippen LogP contribution < -0.4 is 5.43 Å². The molecule has 1 heterocycles. The monoisotopic (exact) mass is 338 g/mol. The van der Waals surface area contributed by atoms with Crippen LogP contribution in [0.1, 0.15) is 11.3 Å². The zero-order chi connectivity index (χ0) is 16.8. The van der Waals surface area contributed by atoms with Gasteiger partial charge in [0.05, 0.1) is 12.6 Å². The number of hydrazone groups is 1. The predicted octanol–water partition coefficient (Wildman–Crippen LogP) is 4.29. The summed E-state index contributed by atoms with van der Waals surface area (Å²) in [5.74, 6) is 1.09. The second-order valence-electron chi connectivity index (χ2n) is 5.16. The van der Waals surface area contributed by atoms with E-state index in [1.54, 1.807) is 18.2 Å². The minimum atomic E-state index is -0.179. The molecule has 0 aliphatic rings. The van der Waals surface area contributed by atoms with E-state index >= 15 is 0 Å². The van der Waals surface area contributed by atoms with Crippen LogP contribution in [0.15, 0.2) is 76.2 Å². The first-order valence-corrected chi connectivity index (χ1v) is 7.80. The van der Waals surface area contributed by atoms with Gasteiger partial charge in [0, 0.05) is 10.6 Å². The number of furan rings is 1. The van der Waals surface area contributed by atoms with Crippen molar-refractivity contribution < 1.29 is 9.21 Å². The molecule has 0 saturated heterocycles. The van der Waals surface area contributed by atoms with Crippen molar-refractivity contribution in [3.63, 3.8) is 0 Å². The smallest absolute Gasteiger partial charge is 0.244 e. The Hall–Kier alpha value is -2.85. The number of carbonyl (C=O) groups is 1. The highest BCUT2D eigenvalue weighted by Crippen LogP contribution is 2.23. The second-order valence-corrected chi connectivity index (χ2v) is 5.60. The number of hydrogen-bond acceptors (Lipinski definition) is 3. The fraction of sp³-hybridized carbons (Fsp3) is 0.0526. The summed E-state index contributed by atoms with van der Waals surface area (Å²) >= 11 is 5.87. The first kappa shape index (κ1) is 16.0. The van der Waals surface area contributed by atoms with Crippen LogP contribution in [0.5, 0.6) is 0 Å². The Morgan fingerprint density at radius 3 is 2.54 bits per heavy atom. The van der Waals surface area contributed by atoms with Crippen molar-refractivity contribution in [1.29, 1.82) is 0 Å². The highest BCUT2D eigenvalue weighted by atomic mass is 35.5. The molecule has 0 radical (unpaired) electrons. The minimum absolute atomic E-state index is 0.179. The van der Waals surface area contributed by atoms with Gasteiger partial charge in [-0.1, -0.05) is 41.9 Å². The van der Waals surface area contributed by atoms with Crippen LogP contribution in [-0.4, -0.2) is 12.1 Å². The molecular weight excluding hydrogens is 324 g/mol. The Bertz CT molecular complexity index is 839. The van der Waals surface area contributed by atoms with E-state index in [2.05, 4.69) is 10.5 Å². The van der Waals surface area contributed by atoms with Gasteiger partial charge >= 0.3 is 0 Å². The number of carbonyl (C=O) groups excluding carboxylic acids is 1. The summed E-state index contributed by atoms with van der Waals surface area (Å²) in [6, 6.07) is 20.5. The molecule has 0 aliphatic heterocycles. The molecule has 1 N–H and O–H groups in total. The van der Waals surface area contributed by atoms with Crippen molar-refractivity contribution in [1.82, 2.24) is 5.43 Å². The fourth-order valence-electron chi connectivity index (χ4n) is 2.18. The summed E-state index contributed by atoms with van der Waals surface area (Å²) in [5.41, 5.74) is 4.35. The van der Waals surface area contributed by atoms with Gasteiger partial charge in [-0.15, -0.1) is 0 Å². The highest BCUT2D eigenvalue weighted by molar-refractivity contribution is 6.30. The van der Waals surface area contributed by atoms with Crippen molar-refractivity contribution in [2.75, 3.05) is 0 Å². The highest BCUT2D eigenvalue weighted by Gasteiger charge is 2.04. The molecule has 0 unspecified atom stereocenters. The van der Waals surface area contributed by atoms with Crippen LogP contribution in [0.2, 0.25) is 5.02 Å². The number of nitrogens with zero attached hydrogens (tertiary/aromatic N) is 1. The predicted molar refractivity (Wildman–Crippen MR) is 95.0 cm³/mol. The summed E-state index contributed by atoms with van der Waals surface area (Å²) in [6.45, 7) is 0. The maximum Gasteiger partial charge on any atom is 0.244 e. The Balaban J connectivity index is 1.57. The molecule has 3 aromatic rings. The molecule has 120 valence electrons. The van der Waals surface area contributed by atoms with Crippen molar-refractivity contribution in [2.24, 2.45) is 5.10 Å². The lowest BCUT2D eigenvalue weighted by Crippen LogP contribution is -2.19.